The largest absolute Gasteiger partial charge is 0.338 e. The molecule has 2 aromatic heterocycles. The molecule has 26 heavy (non-hydrogen) atoms. The summed E-state index contributed by atoms with van der Waals surface area (Å²) in [4.78, 5) is 19.1. The number of rotatable bonds is 5. The van der Waals surface area contributed by atoms with Crippen molar-refractivity contribution in [2.24, 2.45) is 5.92 Å². The second-order valence-electron chi connectivity index (χ2n) is 7.91. The van der Waals surface area contributed by atoms with E-state index >= 15 is 0 Å². The zero-order valence-electron chi connectivity index (χ0n) is 15.6. The van der Waals surface area contributed by atoms with Crippen molar-refractivity contribution >= 4 is 0 Å². The van der Waals surface area contributed by atoms with E-state index in [1.165, 1.54) is 0 Å². The van der Waals surface area contributed by atoms with Gasteiger partial charge in [-0.2, -0.15) is 10.1 Å². The maximum Gasteiger partial charge on any atom is 0.267 e. The summed E-state index contributed by atoms with van der Waals surface area (Å²) >= 11 is 0. The van der Waals surface area contributed by atoms with Crippen molar-refractivity contribution in [3.05, 3.63) is 39.4 Å². The molecule has 0 saturated carbocycles. The molecular weight excluding hydrogens is 330 g/mol. The Kier molecular flexibility index (Phi) is 4.89. The Hall–Kier alpha value is -2.02. The minimum Gasteiger partial charge on any atom is -0.338 e. The monoisotopic (exact) mass is 357 g/mol. The van der Waals surface area contributed by atoms with Gasteiger partial charge in [-0.3, -0.25) is 9.69 Å². The van der Waals surface area contributed by atoms with Crippen LogP contribution in [0.4, 0.5) is 0 Å². The summed E-state index contributed by atoms with van der Waals surface area (Å²) in [6.45, 7) is 7.55. The lowest BCUT2D eigenvalue weighted by Gasteiger charge is -2.30. The number of hydrogen-bond donors (Lipinski definition) is 0. The van der Waals surface area contributed by atoms with Gasteiger partial charge in [0.2, 0.25) is 5.89 Å². The van der Waals surface area contributed by atoms with E-state index in [1.54, 1.807) is 10.7 Å². The average Bonchev–Trinajstić information content (AvgIpc) is 3.26. The van der Waals surface area contributed by atoms with Gasteiger partial charge in [0.25, 0.3) is 5.56 Å². The van der Waals surface area contributed by atoms with Crippen molar-refractivity contribution in [2.45, 2.75) is 65.0 Å². The SMILES string of the molecule is CC(C)c1noc(CN2CCC(Cn3nc4c(cc3=O)CCC4)CC2)n1. The van der Waals surface area contributed by atoms with Crippen molar-refractivity contribution in [1.82, 2.24) is 24.8 Å². The van der Waals surface area contributed by atoms with Gasteiger partial charge in [-0.25, -0.2) is 4.68 Å². The number of aromatic nitrogens is 4. The summed E-state index contributed by atoms with van der Waals surface area (Å²) in [6.07, 6.45) is 5.27. The third-order valence-electron chi connectivity index (χ3n) is 5.52. The minimum absolute atomic E-state index is 0.0557. The minimum atomic E-state index is 0.0557. The molecule has 2 aliphatic rings. The number of hydrogen-bond acceptors (Lipinski definition) is 6. The van der Waals surface area contributed by atoms with Crippen LogP contribution in [-0.4, -0.2) is 37.9 Å². The van der Waals surface area contributed by atoms with Crippen LogP contribution in [0.2, 0.25) is 0 Å². The fourth-order valence-electron chi connectivity index (χ4n) is 3.90. The van der Waals surface area contributed by atoms with Crippen LogP contribution in [-0.2, 0) is 25.9 Å². The molecule has 140 valence electrons. The lowest BCUT2D eigenvalue weighted by Crippen LogP contribution is -2.36. The molecule has 1 aliphatic heterocycles. The molecule has 0 amide bonds. The summed E-state index contributed by atoms with van der Waals surface area (Å²) in [5.74, 6) is 2.27. The molecule has 0 bridgehead atoms. The molecule has 1 fully saturated rings. The molecule has 0 radical (unpaired) electrons. The molecule has 7 heteroatoms. The van der Waals surface area contributed by atoms with E-state index in [9.17, 15) is 4.79 Å². The highest BCUT2D eigenvalue weighted by atomic mass is 16.5. The van der Waals surface area contributed by atoms with Crippen LogP contribution in [0.3, 0.4) is 0 Å². The van der Waals surface area contributed by atoms with E-state index in [-0.39, 0.29) is 11.5 Å². The Morgan fingerprint density at radius 3 is 2.81 bits per heavy atom. The molecule has 1 aliphatic carbocycles. The molecule has 1 saturated heterocycles. The Morgan fingerprint density at radius 2 is 2.08 bits per heavy atom. The first-order valence-corrected chi connectivity index (χ1v) is 9.73. The van der Waals surface area contributed by atoms with E-state index in [1.807, 2.05) is 0 Å². The molecule has 0 aromatic carbocycles. The van der Waals surface area contributed by atoms with Gasteiger partial charge in [-0.1, -0.05) is 19.0 Å². The first-order chi connectivity index (χ1) is 12.6. The van der Waals surface area contributed by atoms with Crippen molar-refractivity contribution in [1.29, 1.82) is 0 Å². The number of nitrogens with zero attached hydrogens (tertiary/aromatic N) is 5. The van der Waals surface area contributed by atoms with Gasteiger partial charge in [-0.15, -0.1) is 0 Å². The fraction of sp³-hybridized carbons (Fsp3) is 0.684. The Bertz CT molecular complexity index is 818. The van der Waals surface area contributed by atoms with E-state index in [4.69, 9.17) is 4.52 Å². The summed E-state index contributed by atoms with van der Waals surface area (Å²) < 4.78 is 7.04. The van der Waals surface area contributed by atoms with Crippen molar-refractivity contribution in [3.8, 4) is 0 Å². The highest BCUT2D eigenvalue weighted by molar-refractivity contribution is 5.22. The Morgan fingerprint density at radius 1 is 1.27 bits per heavy atom. The third-order valence-corrected chi connectivity index (χ3v) is 5.52. The number of piperidine rings is 1. The van der Waals surface area contributed by atoms with Crippen LogP contribution in [0, 0.1) is 5.92 Å². The van der Waals surface area contributed by atoms with Crippen LogP contribution < -0.4 is 5.56 Å². The normalized spacial score (nSPS) is 18.6. The summed E-state index contributed by atoms with van der Waals surface area (Å²) in [5.41, 5.74) is 2.33. The second-order valence-corrected chi connectivity index (χ2v) is 7.91. The number of likely N-dealkylation sites (tertiary alicyclic amines) is 1. The Labute approximate surface area is 153 Å². The van der Waals surface area contributed by atoms with Gasteiger partial charge in [0.05, 0.1) is 12.2 Å². The van der Waals surface area contributed by atoms with E-state index in [2.05, 4.69) is 34.0 Å². The summed E-state index contributed by atoms with van der Waals surface area (Å²) in [7, 11) is 0. The van der Waals surface area contributed by atoms with Gasteiger partial charge >= 0.3 is 0 Å². The van der Waals surface area contributed by atoms with Crippen LogP contribution in [0.1, 0.15) is 62.0 Å². The predicted molar refractivity (Wildman–Crippen MR) is 96.9 cm³/mol. The van der Waals surface area contributed by atoms with E-state index in [0.717, 1.165) is 68.8 Å². The smallest absolute Gasteiger partial charge is 0.267 e. The Balaban J connectivity index is 1.32. The standard InChI is InChI=1S/C19H27N5O2/c1-13(2)19-20-17(26-22-19)12-23-8-6-14(7-9-23)11-24-18(25)10-15-4-3-5-16(15)21-24/h10,13-14H,3-9,11-12H2,1-2H3. The molecule has 2 aromatic rings. The van der Waals surface area contributed by atoms with Gasteiger partial charge < -0.3 is 4.52 Å². The van der Waals surface area contributed by atoms with Crippen molar-refractivity contribution in [2.75, 3.05) is 13.1 Å². The highest BCUT2D eigenvalue weighted by Gasteiger charge is 2.23. The van der Waals surface area contributed by atoms with Gasteiger partial charge in [0.1, 0.15) is 0 Å². The lowest BCUT2D eigenvalue weighted by atomic mass is 9.97. The highest BCUT2D eigenvalue weighted by Crippen LogP contribution is 2.21. The third kappa shape index (κ3) is 3.72. The molecular formula is C19H27N5O2. The lowest BCUT2D eigenvalue weighted by molar-refractivity contribution is 0.148. The average molecular weight is 357 g/mol. The van der Waals surface area contributed by atoms with E-state index < -0.39 is 0 Å². The maximum absolute atomic E-state index is 12.3. The predicted octanol–water partition coefficient (Wildman–Crippen LogP) is 2.15. The van der Waals surface area contributed by atoms with Crippen LogP contribution in [0.15, 0.2) is 15.4 Å². The number of aryl methyl sites for hydroxylation is 2. The maximum atomic E-state index is 12.3. The zero-order chi connectivity index (χ0) is 18.1. The molecule has 3 heterocycles. The molecule has 0 unspecified atom stereocenters. The zero-order valence-corrected chi connectivity index (χ0v) is 15.6. The quantitative estimate of drug-likeness (QED) is 0.816. The molecule has 0 N–H and O–H groups in total. The molecule has 7 nitrogen and oxygen atoms in total. The molecule has 4 rings (SSSR count). The van der Waals surface area contributed by atoms with Gasteiger partial charge in [0, 0.05) is 18.5 Å². The van der Waals surface area contributed by atoms with Crippen LogP contribution in [0.25, 0.3) is 0 Å². The summed E-state index contributed by atoms with van der Waals surface area (Å²) in [6, 6.07) is 1.80. The van der Waals surface area contributed by atoms with Gasteiger partial charge in [-0.05, 0) is 56.7 Å². The van der Waals surface area contributed by atoms with Crippen LogP contribution in [0.5, 0.6) is 0 Å². The number of fused-ring (bicyclic) bond motifs is 1. The van der Waals surface area contributed by atoms with Crippen molar-refractivity contribution in [3.63, 3.8) is 0 Å². The second kappa shape index (κ2) is 7.31. The van der Waals surface area contributed by atoms with Crippen molar-refractivity contribution < 1.29 is 4.52 Å². The van der Waals surface area contributed by atoms with Crippen LogP contribution >= 0.6 is 0 Å². The summed E-state index contributed by atoms with van der Waals surface area (Å²) in [5, 5.41) is 8.64. The van der Waals surface area contributed by atoms with Gasteiger partial charge in [0.15, 0.2) is 5.82 Å². The topological polar surface area (TPSA) is 77.0 Å². The molecule has 0 spiro atoms. The van der Waals surface area contributed by atoms with E-state index in [0.29, 0.717) is 18.4 Å². The first kappa shape index (κ1) is 17.4. The fourth-order valence-corrected chi connectivity index (χ4v) is 3.90. The molecule has 0 atom stereocenters. The first-order valence-electron chi connectivity index (χ1n) is 9.73.